The van der Waals surface area contributed by atoms with Crippen molar-refractivity contribution in [2.75, 3.05) is 6.61 Å². The van der Waals surface area contributed by atoms with Gasteiger partial charge >= 0.3 is 0 Å². The van der Waals surface area contributed by atoms with Gasteiger partial charge < -0.3 is 14.8 Å². The number of aryl methyl sites for hydroxylation is 1. The molecule has 0 aliphatic rings. The molecule has 0 fully saturated rings. The highest BCUT2D eigenvalue weighted by Crippen LogP contribution is 2.17. The number of hydrogen-bond donors (Lipinski definition) is 2. The van der Waals surface area contributed by atoms with Gasteiger partial charge in [0.2, 0.25) is 0 Å². The third-order valence-electron chi connectivity index (χ3n) is 1.87. The maximum Gasteiger partial charge on any atom is 0.177 e. The average Bonchev–Trinajstić information content (AvgIpc) is 2.48. The molecule has 2 N–H and O–H groups in total. The first kappa shape index (κ1) is 9.88. The van der Waals surface area contributed by atoms with Crippen molar-refractivity contribution in [1.82, 2.24) is 4.57 Å². The Hall–Kier alpha value is -1.20. The van der Waals surface area contributed by atoms with E-state index in [1.165, 1.54) is 0 Å². The van der Waals surface area contributed by atoms with Gasteiger partial charge in [-0.1, -0.05) is 0 Å². The fourth-order valence-corrected chi connectivity index (χ4v) is 1.14. The van der Waals surface area contributed by atoms with E-state index >= 15 is 0 Å². The molecule has 72 valence electrons. The standard InChI is InChI=1S/C8H12N2O3/c1-6-2-3-8(9-13)10(6)4-7(12)5-11/h2-3,7,11-12H,4-5H2,1H3. The Morgan fingerprint density at radius 1 is 1.62 bits per heavy atom. The number of aliphatic hydroxyl groups excluding tert-OH is 2. The monoisotopic (exact) mass is 184 g/mol. The largest absolute Gasteiger partial charge is 0.394 e. The van der Waals surface area contributed by atoms with Crippen LogP contribution < -0.4 is 0 Å². The molecular weight excluding hydrogens is 172 g/mol. The lowest BCUT2D eigenvalue weighted by molar-refractivity contribution is 0.0812. The van der Waals surface area contributed by atoms with Gasteiger partial charge in [0.1, 0.15) is 0 Å². The zero-order valence-electron chi connectivity index (χ0n) is 7.34. The lowest BCUT2D eigenvalue weighted by Gasteiger charge is -2.11. The van der Waals surface area contributed by atoms with E-state index in [-0.39, 0.29) is 19.0 Å². The van der Waals surface area contributed by atoms with Gasteiger partial charge in [-0.2, -0.15) is 0 Å². The molecule has 1 unspecified atom stereocenters. The second-order valence-electron chi connectivity index (χ2n) is 2.87. The smallest absolute Gasteiger partial charge is 0.177 e. The Labute approximate surface area is 75.6 Å². The van der Waals surface area contributed by atoms with Crippen molar-refractivity contribution >= 4 is 5.82 Å². The molecule has 0 amide bonds. The van der Waals surface area contributed by atoms with Crippen LogP contribution >= 0.6 is 0 Å². The van der Waals surface area contributed by atoms with Crippen molar-refractivity contribution in [3.8, 4) is 0 Å². The van der Waals surface area contributed by atoms with Crippen molar-refractivity contribution < 1.29 is 10.2 Å². The van der Waals surface area contributed by atoms with Gasteiger partial charge in [-0.25, -0.2) is 0 Å². The zero-order valence-corrected chi connectivity index (χ0v) is 7.34. The van der Waals surface area contributed by atoms with E-state index in [9.17, 15) is 4.91 Å². The predicted octanol–water partition coefficient (Wildman–Crippen LogP) is 0.548. The predicted molar refractivity (Wildman–Crippen MR) is 47.7 cm³/mol. The highest BCUT2D eigenvalue weighted by Gasteiger charge is 2.09. The van der Waals surface area contributed by atoms with Gasteiger partial charge in [0.05, 0.1) is 19.3 Å². The van der Waals surface area contributed by atoms with Crippen LogP contribution in [-0.2, 0) is 6.54 Å². The quantitative estimate of drug-likeness (QED) is 0.671. The van der Waals surface area contributed by atoms with Crippen molar-refractivity contribution in [2.45, 2.75) is 19.6 Å². The Balaban J connectivity index is 2.85. The SMILES string of the molecule is Cc1ccc(N=O)n1CC(O)CO. The summed E-state index contributed by atoms with van der Waals surface area (Å²) in [5.41, 5.74) is 0.835. The summed E-state index contributed by atoms with van der Waals surface area (Å²) in [4.78, 5) is 10.3. The van der Waals surface area contributed by atoms with Crippen LogP contribution in [0.5, 0.6) is 0 Å². The topological polar surface area (TPSA) is 74.8 Å². The van der Waals surface area contributed by atoms with Crippen LogP contribution in [0.25, 0.3) is 0 Å². The molecule has 0 aliphatic carbocycles. The van der Waals surface area contributed by atoms with E-state index in [4.69, 9.17) is 10.2 Å². The van der Waals surface area contributed by atoms with Crippen LogP contribution in [0, 0.1) is 11.8 Å². The molecule has 1 aromatic heterocycles. The number of aromatic nitrogens is 1. The molecule has 0 aliphatic heterocycles. The molecule has 13 heavy (non-hydrogen) atoms. The minimum absolute atomic E-state index is 0.191. The lowest BCUT2D eigenvalue weighted by Crippen LogP contribution is -2.20. The summed E-state index contributed by atoms with van der Waals surface area (Å²) >= 11 is 0. The minimum atomic E-state index is -0.855. The van der Waals surface area contributed by atoms with Gasteiger partial charge in [-0.15, -0.1) is 4.91 Å². The summed E-state index contributed by atoms with van der Waals surface area (Å²) in [7, 11) is 0. The Kier molecular flexibility index (Phi) is 3.16. The van der Waals surface area contributed by atoms with E-state index in [1.807, 2.05) is 0 Å². The van der Waals surface area contributed by atoms with E-state index in [0.29, 0.717) is 0 Å². The molecule has 0 radical (unpaired) electrons. The van der Waals surface area contributed by atoms with Crippen LogP contribution in [-0.4, -0.2) is 27.5 Å². The molecule has 0 spiro atoms. The van der Waals surface area contributed by atoms with Gasteiger partial charge in [0, 0.05) is 5.69 Å². The van der Waals surface area contributed by atoms with Crippen LogP contribution in [0.1, 0.15) is 5.69 Å². The molecule has 1 atom stereocenters. The third-order valence-corrected chi connectivity index (χ3v) is 1.87. The molecule has 0 saturated heterocycles. The van der Waals surface area contributed by atoms with Crippen molar-refractivity contribution in [3.05, 3.63) is 22.7 Å². The number of hydrogen-bond acceptors (Lipinski definition) is 4. The maximum atomic E-state index is 10.3. The number of nitrogens with zero attached hydrogens (tertiary/aromatic N) is 2. The van der Waals surface area contributed by atoms with E-state index in [2.05, 4.69) is 5.18 Å². The van der Waals surface area contributed by atoms with E-state index in [0.717, 1.165) is 5.69 Å². The Bertz CT molecular complexity index is 296. The van der Waals surface area contributed by atoms with Crippen molar-refractivity contribution in [1.29, 1.82) is 0 Å². The number of nitroso groups, excluding NO2 is 1. The van der Waals surface area contributed by atoms with E-state index < -0.39 is 6.10 Å². The molecule has 0 aromatic carbocycles. The number of rotatable bonds is 4. The van der Waals surface area contributed by atoms with Crippen LogP contribution in [0.4, 0.5) is 5.82 Å². The molecule has 0 saturated carbocycles. The van der Waals surface area contributed by atoms with Crippen molar-refractivity contribution in [3.63, 3.8) is 0 Å². The first-order valence-corrected chi connectivity index (χ1v) is 3.97. The second-order valence-corrected chi connectivity index (χ2v) is 2.87. The summed E-state index contributed by atoms with van der Waals surface area (Å²) in [6.07, 6.45) is -0.855. The average molecular weight is 184 g/mol. The normalized spacial score (nSPS) is 12.8. The van der Waals surface area contributed by atoms with Gasteiger partial charge in [0.15, 0.2) is 5.82 Å². The highest BCUT2D eigenvalue weighted by atomic mass is 16.3. The lowest BCUT2D eigenvalue weighted by atomic mass is 10.3. The summed E-state index contributed by atoms with van der Waals surface area (Å²) in [6, 6.07) is 3.31. The third kappa shape index (κ3) is 2.13. The fourth-order valence-electron chi connectivity index (χ4n) is 1.14. The van der Waals surface area contributed by atoms with Crippen LogP contribution in [0.15, 0.2) is 17.3 Å². The molecular formula is C8H12N2O3. The molecule has 1 rings (SSSR count). The fraction of sp³-hybridized carbons (Fsp3) is 0.500. The molecule has 5 nitrogen and oxygen atoms in total. The molecule has 5 heteroatoms. The van der Waals surface area contributed by atoms with Crippen LogP contribution in [0.3, 0.4) is 0 Å². The number of aliphatic hydroxyl groups is 2. The van der Waals surface area contributed by atoms with Crippen molar-refractivity contribution in [2.24, 2.45) is 5.18 Å². The first-order chi connectivity index (χ1) is 6.19. The minimum Gasteiger partial charge on any atom is -0.394 e. The highest BCUT2D eigenvalue weighted by molar-refractivity contribution is 5.32. The molecule has 0 bridgehead atoms. The van der Waals surface area contributed by atoms with Crippen LogP contribution in [0.2, 0.25) is 0 Å². The molecule has 1 heterocycles. The zero-order chi connectivity index (χ0) is 9.84. The van der Waals surface area contributed by atoms with Gasteiger partial charge in [0.25, 0.3) is 0 Å². The van der Waals surface area contributed by atoms with E-state index in [1.54, 1.807) is 23.6 Å². The Morgan fingerprint density at radius 2 is 2.31 bits per heavy atom. The Morgan fingerprint density at radius 3 is 2.85 bits per heavy atom. The van der Waals surface area contributed by atoms with Gasteiger partial charge in [-0.3, -0.25) is 0 Å². The van der Waals surface area contributed by atoms with Gasteiger partial charge in [-0.05, 0) is 24.2 Å². The summed E-state index contributed by atoms with van der Waals surface area (Å²) in [5.74, 6) is 0.269. The second kappa shape index (κ2) is 4.15. The molecule has 1 aromatic rings. The first-order valence-electron chi connectivity index (χ1n) is 3.97. The maximum absolute atomic E-state index is 10.3. The summed E-state index contributed by atoms with van der Waals surface area (Å²) in [6.45, 7) is 1.67. The summed E-state index contributed by atoms with van der Waals surface area (Å²) < 4.78 is 1.56. The summed E-state index contributed by atoms with van der Waals surface area (Å²) in [5, 5.41) is 20.6.